The van der Waals surface area contributed by atoms with Crippen molar-refractivity contribution < 1.29 is 14.3 Å². The van der Waals surface area contributed by atoms with Crippen molar-refractivity contribution in [3.8, 4) is 0 Å². The van der Waals surface area contributed by atoms with Crippen molar-refractivity contribution in [3.63, 3.8) is 0 Å². The summed E-state index contributed by atoms with van der Waals surface area (Å²) >= 11 is 2.95. The highest BCUT2D eigenvalue weighted by Gasteiger charge is 2.36. The minimum absolute atomic E-state index is 0.0403. The predicted octanol–water partition coefficient (Wildman–Crippen LogP) is 3.33. The Bertz CT molecular complexity index is 1040. The van der Waals surface area contributed by atoms with Gasteiger partial charge < -0.3 is 15.4 Å². The Morgan fingerprint density at radius 1 is 1.27 bits per heavy atom. The Kier molecular flexibility index (Phi) is 6.10. The molecule has 2 atom stereocenters. The average Bonchev–Trinajstić information content (AvgIpc) is 2.76. The molecule has 2 N–H and O–H groups in total. The number of esters is 1. The molecular formula is C21H20N4O3S2. The van der Waals surface area contributed by atoms with Gasteiger partial charge in [0.1, 0.15) is 11.4 Å². The monoisotopic (exact) mass is 440 g/mol. The molecule has 1 aliphatic carbocycles. The largest absolute Gasteiger partial charge is 0.462 e. The second kappa shape index (κ2) is 8.93. The Hall–Kier alpha value is -2.78. The van der Waals surface area contributed by atoms with Crippen molar-refractivity contribution in [2.75, 3.05) is 23.0 Å². The van der Waals surface area contributed by atoms with Gasteiger partial charge in [-0.1, -0.05) is 48.2 Å². The summed E-state index contributed by atoms with van der Waals surface area (Å²) in [6.07, 6.45) is 9.50. The summed E-state index contributed by atoms with van der Waals surface area (Å²) in [5.41, 5.74) is 6.90. The number of para-hydroxylation sites is 1. The summed E-state index contributed by atoms with van der Waals surface area (Å²) in [7, 11) is 0. The normalized spacial score (nSPS) is 19.2. The molecule has 1 amide bonds. The number of anilines is 2. The van der Waals surface area contributed by atoms with Crippen LogP contribution in [0.1, 0.15) is 17.3 Å². The van der Waals surface area contributed by atoms with E-state index in [1.165, 1.54) is 18.0 Å². The lowest BCUT2D eigenvalue weighted by Crippen LogP contribution is -2.48. The van der Waals surface area contributed by atoms with Gasteiger partial charge >= 0.3 is 5.97 Å². The maximum atomic E-state index is 13.2. The number of nitrogen functional groups attached to an aromatic ring is 1. The number of thioether (sulfide) groups is 2. The molecule has 0 saturated carbocycles. The van der Waals surface area contributed by atoms with Crippen molar-refractivity contribution in [1.29, 1.82) is 0 Å². The molecule has 154 valence electrons. The molecule has 0 radical (unpaired) electrons. The van der Waals surface area contributed by atoms with Gasteiger partial charge in [0, 0.05) is 11.1 Å². The number of rotatable bonds is 5. The molecule has 1 aromatic carbocycles. The summed E-state index contributed by atoms with van der Waals surface area (Å²) in [6.45, 7) is 1.95. The topological polar surface area (TPSA) is 98.4 Å². The maximum absolute atomic E-state index is 13.2. The molecule has 1 aliphatic heterocycles. The molecule has 0 fully saturated rings. The molecule has 0 bridgehead atoms. The van der Waals surface area contributed by atoms with Crippen LogP contribution in [-0.4, -0.2) is 45.5 Å². The Morgan fingerprint density at radius 3 is 2.87 bits per heavy atom. The molecule has 7 nitrogen and oxygen atoms in total. The van der Waals surface area contributed by atoms with E-state index in [-0.39, 0.29) is 40.9 Å². The smallest absolute Gasteiger partial charge is 0.343 e. The van der Waals surface area contributed by atoms with Gasteiger partial charge in [0.25, 0.3) is 0 Å². The zero-order valence-corrected chi connectivity index (χ0v) is 17.9. The van der Waals surface area contributed by atoms with Crippen LogP contribution >= 0.6 is 23.5 Å². The third-order valence-corrected chi connectivity index (χ3v) is 6.78. The van der Waals surface area contributed by atoms with Crippen LogP contribution in [0.5, 0.6) is 0 Å². The van der Waals surface area contributed by atoms with Gasteiger partial charge in [0.2, 0.25) is 5.91 Å². The van der Waals surface area contributed by atoms with Crippen molar-refractivity contribution in [2.45, 2.75) is 28.3 Å². The first-order chi connectivity index (χ1) is 14.6. The molecule has 2 aliphatic rings. The van der Waals surface area contributed by atoms with Gasteiger partial charge in [0.15, 0.2) is 5.16 Å². The van der Waals surface area contributed by atoms with Crippen molar-refractivity contribution >= 4 is 46.9 Å². The van der Waals surface area contributed by atoms with E-state index in [1.54, 1.807) is 18.7 Å². The van der Waals surface area contributed by atoms with Crippen LogP contribution in [0, 0.1) is 0 Å². The number of benzene rings is 1. The fourth-order valence-corrected chi connectivity index (χ4v) is 5.23. The van der Waals surface area contributed by atoms with Crippen LogP contribution in [0.4, 0.5) is 11.5 Å². The molecule has 4 rings (SSSR count). The maximum Gasteiger partial charge on any atom is 0.343 e. The highest BCUT2D eigenvalue weighted by atomic mass is 32.2. The summed E-state index contributed by atoms with van der Waals surface area (Å²) in [5.74, 6) is -0.413. The van der Waals surface area contributed by atoms with Crippen LogP contribution in [0.3, 0.4) is 0 Å². The number of nitrogens with zero attached hydrogens (tertiary/aromatic N) is 3. The van der Waals surface area contributed by atoms with E-state index in [9.17, 15) is 9.59 Å². The zero-order valence-electron chi connectivity index (χ0n) is 16.2. The SMILES string of the molecule is CCOC(=O)c1cnc(SCC(=O)N2c3ccccc3S[C@H]3C=CC=C[C@H]32)nc1N. The Morgan fingerprint density at radius 2 is 2.07 bits per heavy atom. The fourth-order valence-electron chi connectivity index (χ4n) is 3.29. The lowest BCUT2D eigenvalue weighted by Gasteiger charge is -2.40. The van der Waals surface area contributed by atoms with Crippen molar-refractivity contribution in [3.05, 3.63) is 60.3 Å². The molecule has 0 saturated heterocycles. The van der Waals surface area contributed by atoms with E-state index in [0.29, 0.717) is 5.16 Å². The molecule has 0 spiro atoms. The van der Waals surface area contributed by atoms with E-state index in [0.717, 1.165) is 10.6 Å². The van der Waals surface area contributed by atoms with Crippen molar-refractivity contribution in [1.82, 2.24) is 9.97 Å². The average molecular weight is 441 g/mol. The highest BCUT2D eigenvalue weighted by Crippen LogP contribution is 2.43. The third-order valence-electron chi connectivity index (χ3n) is 4.63. The van der Waals surface area contributed by atoms with Gasteiger partial charge in [-0.2, -0.15) is 0 Å². The number of nitrogens with two attached hydrogens (primary N) is 1. The molecule has 30 heavy (non-hydrogen) atoms. The van der Waals surface area contributed by atoms with Crippen LogP contribution in [0.25, 0.3) is 0 Å². The zero-order chi connectivity index (χ0) is 21.1. The van der Waals surface area contributed by atoms with E-state index < -0.39 is 5.97 Å². The summed E-state index contributed by atoms with van der Waals surface area (Å²) in [4.78, 5) is 36.3. The molecule has 9 heteroatoms. The molecule has 0 unspecified atom stereocenters. The summed E-state index contributed by atoms with van der Waals surface area (Å²) in [5, 5.41) is 0.513. The van der Waals surface area contributed by atoms with Crippen LogP contribution < -0.4 is 10.6 Å². The first-order valence-electron chi connectivity index (χ1n) is 9.43. The quantitative estimate of drug-likeness (QED) is 0.429. The number of aromatic nitrogens is 2. The van der Waals surface area contributed by atoms with Crippen LogP contribution in [-0.2, 0) is 9.53 Å². The first-order valence-corrected chi connectivity index (χ1v) is 11.3. The fraction of sp³-hybridized carbons (Fsp3) is 0.238. The Balaban J connectivity index is 1.51. The minimum Gasteiger partial charge on any atom is -0.462 e. The second-order valence-electron chi connectivity index (χ2n) is 6.53. The number of amides is 1. The number of allylic oxidation sites excluding steroid dienone is 2. The number of fused-ring (bicyclic) bond motifs is 2. The second-order valence-corrected chi connectivity index (χ2v) is 8.70. The van der Waals surface area contributed by atoms with E-state index in [1.807, 2.05) is 41.3 Å². The first kappa shape index (κ1) is 20.5. The number of hydrogen-bond donors (Lipinski definition) is 1. The third kappa shape index (κ3) is 4.08. The van der Waals surface area contributed by atoms with E-state index in [4.69, 9.17) is 10.5 Å². The number of ether oxygens (including phenoxy) is 1. The predicted molar refractivity (Wildman–Crippen MR) is 119 cm³/mol. The standard InChI is InChI=1S/C21H20N4O3S2/c1-2-28-20(27)13-11-23-21(24-19(13)22)29-12-18(26)25-14-7-3-5-9-16(14)30-17-10-6-4-8-15(17)25/h3-11,14,16H,2,12H2,1H3,(H2,22,23,24)/t14-,16+/m1/s1. The van der Waals surface area contributed by atoms with Crippen LogP contribution in [0.15, 0.2) is 64.8 Å². The van der Waals surface area contributed by atoms with Crippen LogP contribution in [0.2, 0.25) is 0 Å². The van der Waals surface area contributed by atoms with Crippen molar-refractivity contribution in [2.24, 2.45) is 0 Å². The van der Waals surface area contributed by atoms with E-state index in [2.05, 4.69) is 22.1 Å². The highest BCUT2D eigenvalue weighted by molar-refractivity contribution is 8.00. The molecule has 2 heterocycles. The number of carbonyl (C=O) groups is 2. The van der Waals surface area contributed by atoms with Gasteiger partial charge in [-0.3, -0.25) is 4.79 Å². The van der Waals surface area contributed by atoms with E-state index >= 15 is 0 Å². The molecule has 2 aromatic rings. The summed E-state index contributed by atoms with van der Waals surface area (Å²) < 4.78 is 4.93. The van der Waals surface area contributed by atoms with Gasteiger partial charge in [0.05, 0.1) is 29.3 Å². The minimum atomic E-state index is -0.562. The summed E-state index contributed by atoms with van der Waals surface area (Å²) in [6, 6.07) is 7.88. The van der Waals surface area contributed by atoms with Gasteiger partial charge in [-0.25, -0.2) is 14.8 Å². The van der Waals surface area contributed by atoms with Gasteiger partial charge in [-0.15, -0.1) is 11.8 Å². The number of hydrogen-bond acceptors (Lipinski definition) is 8. The lowest BCUT2D eigenvalue weighted by atomic mass is 10.0. The van der Waals surface area contributed by atoms with Gasteiger partial charge in [-0.05, 0) is 19.1 Å². The number of carbonyl (C=O) groups excluding carboxylic acids is 2. The Labute approximate surface area is 182 Å². The molecule has 1 aromatic heterocycles. The molecular weight excluding hydrogens is 420 g/mol. The lowest BCUT2D eigenvalue weighted by molar-refractivity contribution is -0.116.